The van der Waals surface area contributed by atoms with Crippen molar-refractivity contribution in [2.24, 2.45) is 5.73 Å². The van der Waals surface area contributed by atoms with E-state index in [1.165, 1.54) is 0 Å². The highest BCUT2D eigenvalue weighted by molar-refractivity contribution is 5.94. The van der Waals surface area contributed by atoms with Crippen molar-refractivity contribution in [2.75, 3.05) is 32.8 Å². The zero-order valence-corrected chi connectivity index (χ0v) is 14.1. The van der Waals surface area contributed by atoms with Crippen molar-refractivity contribution in [3.8, 4) is 0 Å². The van der Waals surface area contributed by atoms with Crippen molar-refractivity contribution >= 4 is 18.3 Å². The molecule has 1 saturated heterocycles. The molecular formula is C16H26ClN3O2. The number of benzene rings is 1. The molecule has 0 saturated carbocycles. The molecule has 0 aromatic heterocycles. The number of rotatable bonds is 5. The highest BCUT2D eigenvalue weighted by Gasteiger charge is 2.28. The zero-order valence-electron chi connectivity index (χ0n) is 13.3. The van der Waals surface area contributed by atoms with E-state index >= 15 is 0 Å². The number of carbonyl (C=O) groups excluding carboxylic acids is 1. The maximum atomic E-state index is 12.2. The summed E-state index contributed by atoms with van der Waals surface area (Å²) in [5.41, 5.74) is 7.18. The van der Waals surface area contributed by atoms with Gasteiger partial charge in [-0.05, 0) is 31.5 Å². The maximum Gasteiger partial charge on any atom is 0.251 e. The Labute approximate surface area is 138 Å². The molecule has 2 rings (SSSR count). The van der Waals surface area contributed by atoms with E-state index in [1.807, 2.05) is 24.3 Å². The van der Waals surface area contributed by atoms with Crippen LogP contribution in [0.15, 0.2) is 24.3 Å². The molecule has 1 heterocycles. The van der Waals surface area contributed by atoms with E-state index in [0.29, 0.717) is 18.7 Å². The highest BCUT2D eigenvalue weighted by Crippen LogP contribution is 2.15. The van der Waals surface area contributed by atoms with E-state index in [-0.39, 0.29) is 23.9 Å². The molecule has 0 radical (unpaired) electrons. The van der Waals surface area contributed by atoms with Gasteiger partial charge in [-0.1, -0.05) is 12.1 Å². The van der Waals surface area contributed by atoms with Crippen molar-refractivity contribution in [1.29, 1.82) is 0 Å². The number of ether oxygens (including phenoxy) is 1. The summed E-state index contributed by atoms with van der Waals surface area (Å²) in [6.45, 7) is 8.75. The Balaban J connectivity index is 0.00000242. The summed E-state index contributed by atoms with van der Waals surface area (Å²) < 4.78 is 5.37. The third-order valence-corrected chi connectivity index (χ3v) is 4.00. The molecule has 0 bridgehead atoms. The largest absolute Gasteiger partial charge is 0.379 e. The standard InChI is InChI=1S/C16H25N3O2.ClH/c1-16(2,19-7-9-21-10-8-19)12-18-15(20)14-5-3-13(11-17)4-6-14;/h3-6H,7-12,17H2,1-2H3,(H,18,20);1H. The van der Waals surface area contributed by atoms with Gasteiger partial charge in [-0.3, -0.25) is 9.69 Å². The van der Waals surface area contributed by atoms with Gasteiger partial charge in [0.25, 0.3) is 5.91 Å². The van der Waals surface area contributed by atoms with Crippen molar-refractivity contribution in [3.05, 3.63) is 35.4 Å². The molecule has 1 aliphatic heterocycles. The van der Waals surface area contributed by atoms with Crippen molar-refractivity contribution in [3.63, 3.8) is 0 Å². The minimum atomic E-state index is -0.0728. The number of hydrogen-bond acceptors (Lipinski definition) is 4. The molecule has 1 aromatic carbocycles. The Hall–Kier alpha value is -1.14. The van der Waals surface area contributed by atoms with Crippen LogP contribution in [0, 0.1) is 0 Å². The van der Waals surface area contributed by atoms with Gasteiger partial charge >= 0.3 is 0 Å². The molecule has 1 aliphatic rings. The van der Waals surface area contributed by atoms with Gasteiger partial charge in [0.1, 0.15) is 0 Å². The monoisotopic (exact) mass is 327 g/mol. The van der Waals surface area contributed by atoms with Gasteiger partial charge < -0.3 is 15.8 Å². The van der Waals surface area contributed by atoms with Gasteiger partial charge in [0.2, 0.25) is 0 Å². The molecule has 0 spiro atoms. The van der Waals surface area contributed by atoms with Crippen LogP contribution in [-0.2, 0) is 11.3 Å². The quantitative estimate of drug-likeness (QED) is 0.858. The second-order valence-electron chi connectivity index (χ2n) is 6.00. The van der Waals surface area contributed by atoms with Gasteiger partial charge in [-0.25, -0.2) is 0 Å². The first-order valence-electron chi connectivity index (χ1n) is 7.43. The summed E-state index contributed by atoms with van der Waals surface area (Å²) >= 11 is 0. The normalized spacial score (nSPS) is 16.0. The summed E-state index contributed by atoms with van der Waals surface area (Å²) in [6, 6.07) is 7.42. The van der Waals surface area contributed by atoms with Crippen LogP contribution in [0.2, 0.25) is 0 Å². The molecule has 0 aliphatic carbocycles. The summed E-state index contributed by atoms with van der Waals surface area (Å²) in [6.07, 6.45) is 0. The van der Waals surface area contributed by atoms with Crippen LogP contribution in [0.5, 0.6) is 0 Å². The number of nitrogens with zero attached hydrogens (tertiary/aromatic N) is 1. The lowest BCUT2D eigenvalue weighted by atomic mass is 10.0. The number of amides is 1. The fourth-order valence-corrected chi connectivity index (χ4v) is 2.47. The lowest BCUT2D eigenvalue weighted by Gasteiger charge is -2.40. The Kier molecular flexibility index (Phi) is 7.29. The Morgan fingerprint density at radius 2 is 1.86 bits per heavy atom. The van der Waals surface area contributed by atoms with Crippen molar-refractivity contribution in [1.82, 2.24) is 10.2 Å². The smallest absolute Gasteiger partial charge is 0.251 e. The fourth-order valence-electron chi connectivity index (χ4n) is 2.47. The van der Waals surface area contributed by atoms with Crippen LogP contribution in [-0.4, -0.2) is 49.2 Å². The van der Waals surface area contributed by atoms with E-state index in [1.54, 1.807) is 0 Å². The lowest BCUT2D eigenvalue weighted by Crippen LogP contribution is -2.55. The second kappa shape index (κ2) is 8.48. The molecule has 6 heteroatoms. The Bertz CT molecular complexity index is 471. The molecular weight excluding hydrogens is 302 g/mol. The Morgan fingerprint density at radius 3 is 2.41 bits per heavy atom. The predicted octanol–water partition coefficient (Wildman–Crippen LogP) is 1.41. The molecule has 1 fully saturated rings. The zero-order chi connectivity index (χ0) is 15.3. The SMILES string of the molecule is CC(C)(CNC(=O)c1ccc(CN)cc1)N1CCOCC1.Cl. The third kappa shape index (κ3) is 4.95. The van der Waals surface area contributed by atoms with Crippen molar-refractivity contribution in [2.45, 2.75) is 25.9 Å². The van der Waals surface area contributed by atoms with Gasteiger partial charge in [-0.2, -0.15) is 0 Å². The second-order valence-corrected chi connectivity index (χ2v) is 6.00. The van der Waals surface area contributed by atoms with Crippen LogP contribution < -0.4 is 11.1 Å². The predicted molar refractivity (Wildman–Crippen MR) is 90.4 cm³/mol. The van der Waals surface area contributed by atoms with E-state index in [4.69, 9.17) is 10.5 Å². The summed E-state index contributed by atoms with van der Waals surface area (Å²) in [4.78, 5) is 14.5. The van der Waals surface area contributed by atoms with E-state index in [0.717, 1.165) is 31.9 Å². The average Bonchev–Trinajstić information content (AvgIpc) is 2.53. The average molecular weight is 328 g/mol. The van der Waals surface area contributed by atoms with Gasteiger partial charge in [0.05, 0.1) is 13.2 Å². The first-order chi connectivity index (χ1) is 10.0. The van der Waals surface area contributed by atoms with Crippen LogP contribution in [0.1, 0.15) is 29.8 Å². The van der Waals surface area contributed by atoms with Crippen LogP contribution >= 0.6 is 12.4 Å². The molecule has 0 atom stereocenters. The number of halogens is 1. The third-order valence-electron chi connectivity index (χ3n) is 4.00. The first-order valence-corrected chi connectivity index (χ1v) is 7.43. The van der Waals surface area contributed by atoms with Crippen LogP contribution in [0.25, 0.3) is 0 Å². The van der Waals surface area contributed by atoms with Crippen molar-refractivity contribution < 1.29 is 9.53 Å². The number of morpholine rings is 1. The number of nitrogens with one attached hydrogen (secondary N) is 1. The topological polar surface area (TPSA) is 67.6 Å². The summed E-state index contributed by atoms with van der Waals surface area (Å²) in [5, 5.41) is 3.02. The number of carbonyl (C=O) groups is 1. The molecule has 0 unspecified atom stereocenters. The molecule has 1 aromatic rings. The van der Waals surface area contributed by atoms with E-state index in [2.05, 4.69) is 24.1 Å². The lowest BCUT2D eigenvalue weighted by molar-refractivity contribution is -0.00923. The van der Waals surface area contributed by atoms with Crippen LogP contribution in [0.3, 0.4) is 0 Å². The van der Waals surface area contributed by atoms with Crippen LogP contribution in [0.4, 0.5) is 0 Å². The van der Waals surface area contributed by atoms with Gasteiger partial charge in [0, 0.05) is 37.3 Å². The molecule has 3 N–H and O–H groups in total. The van der Waals surface area contributed by atoms with Gasteiger partial charge in [0.15, 0.2) is 0 Å². The van der Waals surface area contributed by atoms with E-state index < -0.39 is 0 Å². The molecule has 22 heavy (non-hydrogen) atoms. The maximum absolute atomic E-state index is 12.2. The number of hydrogen-bond donors (Lipinski definition) is 2. The molecule has 1 amide bonds. The fraction of sp³-hybridized carbons (Fsp3) is 0.562. The summed E-state index contributed by atoms with van der Waals surface area (Å²) in [7, 11) is 0. The number of nitrogens with two attached hydrogens (primary N) is 1. The van der Waals surface area contributed by atoms with E-state index in [9.17, 15) is 4.79 Å². The summed E-state index contributed by atoms with van der Waals surface area (Å²) in [5.74, 6) is -0.0418. The minimum absolute atomic E-state index is 0. The molecule has 124 valence electrons. The minimum Gasteiger partial charge on any atom is -0.379 e. The first kappa shape index (κ1) is 18.9. The van der Waals surface area contributed by atoms with Gasteiger partial charge in [-0.15, -0.1) is 12.4 Å². The molecule has 5 nitrogen and oxygen atoms in total. The Morgan fingerprint density at radius 1 is 1.27 bits per heavy atom. The highest BCUT2D eigenvalue weighted by atomic mass is 35.5.